The molecule has 8 heteroatoms. The van der Waals surface area contributed by atoms with Crippen molar-refractivity contribution in [3.8, 4) is 0 Å². The number of imidazole rings is 1. The van der Waals surface area contributed by atoms with Crippen LogP contribution in [0.4, 0.5) is 22.0 Å². The van der Waals surface area contributed by atoms with Crippen molar-refractivity contribution in [2.75, 3.05) is 0 Å². The van der Waals surface area contributed by atoms with E-state index >= 15 is 0 Å². The van der Waals surface area contributed by atoms with Gasteiger partial charge in [0, 0.05) is 12.6 Å². The van der Waals surface area contributed by atoms with Gasteiger partial charge in [-0.15, -0.1) is 11.6 Å². The minimum atomic E-state index is -4.38. The van der Waals surface area contributed by atoms with Crippen LogP contribution in [0.1, 0.15) is 24.5 Å². The molecule has 0 saturated carbocycles. The molecule has 1 unspecified atom stereocenters. The molecule has 1 aromatic carbocycles. The third-order valence-corrected chi connectivity index (χ3v) is 2.97. The number of hydrogen-bond acceptors (Lipinski definition) is 1. The second kappa shape index (κ2) is 5.20. The lowest BCUT2D eigenvalue weighted by molar-refractivity contribution is -0.136. The number of halogens is 6. The van der Waals surface area contributed by atoms with E-state index < -0.39 is 36.2 Å². The highest BCUT2D eigenvalue weighted by atomic mass is 35.5. The fourth-order valence-electron chi connectivity index (χ4n) is 1.94. The molecule has 0 aliphatic carbocycles. The molecule has 0 amide bonds. The van der Waals surface area contributed by atoms with Crippen LogP contribution in [0.15, 0.2) is 12.1 Å². The maximum Gasteiger partial charge on any atom is 0.390 e. The number of hydrogen-bond donors (Lipinski definition) is 0. The molecule has 0 radical (unpaired) electrons. The van der Waals surface area contributed by atoms with E-state index in [-0.39, 0.29) is 16.9 Å². The number of nitrogens with zero attached hydrogens (tertiary/aromatic N) is 2. The molecular formula is C12H10ClF5N2. The zero-order valence-electron chi connectivity index (χ0n) is 10.3. The van der Waals surface area contributed by atoms with Gasteiger partial charge in [-0.3, -0.25) is 0 Å². The summed E-state index contributed by atoms with van der Waals surface area (Å²) in [7, 11) is 0. The Morgan fingerprint density at radius 2 is 1.95 bits per heavy atom. The van der Waals surface area contributed by atoms with Gasteiger partial charge >= 0.3 is 6.18 Å². The molecule has 0 aliphatic rings. The maximum atomic E-state index is 13.6. The Bertz CT molecular complexity index is 633. The molecule has 2 nitrogen and oxygen atoms in total. The second-order valence-corrected chi connectivity index (χ2v) is 5.01. The second-order valence-electron chi connectivity index (χ2n) is 4.36. The lowest BCUT2D eigenvalue weighted by Gasteiger charge is -2.12. The molecule has 0 fully saturated rings. The van der Waals surface area contributed by atoms with Crippen LogP contribution in [-0.4, -0.2) is 15.7 Å². The fourth-order valence-corrected chi connectivity index (χ4v) is 2.11. The zero-order chi connectivity index (χ0) is 15.1. The topological polar surface area (TPSA) is 17.8 Å². The molecule has 2 rings (SSSR count). The first-order chi connectivity index (χ1) is 9.19. The van der Waals surface area contributed by atoms with Crippen molar-refractivity contribution in [3.05, 3.63) is 29.6 Å². The van der Waals surface area contributed by atoms with Gasteiger partial charge in [-0.25, -0.2) is 13.8 Å². The quantitative estimate of drug-likeness (QED) is 0.600. The van der Waals surface area contributed by atoms with Crippen molar-refractivity contribution in [1.82, 2.24) is 9.55 Å². The number of fused-ring (bicyclic) bond motifs is 1. The number of aromatic nitrogens is 2. The van der Waals surface area contributed by atoms with E-state index in [9.17, 15) is 22.0 Å². The van der Waals surface area contributed by atoms with E-state index in [4.69, 9.17) is 11.6 Å². The molecule has 2 aromatic rings. The molecule has 1 atom stereocenters. The van der Waals surface area contributed by atoms with Gasteiger partial charge in [0.2, 0.25) is 0 Å². The van der Waals surface area contributed by atoms with Gasteiger partial charge in [-0.05, 0) is 13.0 Å². The molecule has 1 aromatic heterocycles. The van der Waals surface area contributed by atoms with Crippen LogP contribution in [0.3, 0.4) is 0 Å². The largest absolute Gasteiger partial charge is 0.390 e. The summed E-state index contributed by atoms with van der Waals surface area (Å²) in [5.41, 5.74) is -0.217. The van der Waals surface area contributed by atoms with Gasteiger partial charge in [0.15, 0.2) is 5.82 Å². The highest BCUT2D eigenvalue weighted by Crippen LogP contribution is 2.29. The number of benzene rings is 1. The predicted molar refractivity (Wildman–Crippen MR) is 64.6 cm³/mol. The Balaban J connectivity index is 2.56. The van der Waals surface area contributed by atoms with Crippen molar-refractivity contribution in [1.29, 1.82) is 0 Å². The van der Waals surface area contributed by atoms with Crippen LogP contribution in [0, 0.1) is 11.6 Å². The van der Waals surface area contributed by atoms with Gasteiger partial charge in [-0.2, -0.15) is 13.2 Å². The van der Waals surface area contributed by atoms with Crippen LogP contribution in [0.25, 0.3) is 11.0 Å². The standard InChI is InChI=1S/C12H10ClF5N2/c1-6(13)11-19-10-8(15)4-7(14)5-9(10)20(11)3-2-12(16,17)18/h4-6H,2-3H2,1H3. The molecule has 0 spiro atoms. The van der Waals surface area contributed by atoms with Crippen LogP contribution < -0.4 is 0 Å². The molecule has 20 heavy (non-hydrogen) atoms. The fraction of sp³-hybridized carbons (Fsp3) is 0.417. The Morgan fingerprint density at radius 1 is 1.30 bits per heavy atom. The summed E-state index contributed by atoms with van der Waals surface area (Å²) in [5, 5.41) is -0.724. The molecule has 0 bridgehead atoms. The molecule has 0 N–H and O–H groups in total. The van der Waals surface area contributed by atoms with Crippen LogP contribution in [-0.2, 0) is 6.54 Å². The summed E-state index contributed by atoms with van der Waals surface area (Å²) in [6.07, 6.45) is -5.51. The van der Waals surface area contributed by atoms with E-state index in [2.05, 4.69) is 4.98 Å². The summed E-state index contributed by atoms with van der Waals surface area (Å²) in [6.45, 7) is 1.01. The Kier molecular flexibility index (Phi) is 3.90. The van der Waals surface area contributed by atoms with Crippen molar-refractivity contribution < 1.29 is 22.0 Å². The minimum Gasteiger partial charge on any atom is -0.326 e. The highest BCUT2D eigenvalue weighted by molar-refractivity contribution is 6.20. The first kappa shape index (κ1) is 15.0. The minimum absolute atomic E-state index is 0.0331. The van der Waals surface area contributed by atoms with E-state index in [0.717, 1.165) is 10.6 Å². The van der Waals surface area contributed by atoms with Gasteiger partial charge in [0.25, 0.3) is 0 Å². The highest BCUT2D eigenvalue weighted by Gasteiger charge is 2.28. The average molecular weight is 313 g/mol. The zero-order valence-corrected chi connectivity index (χ0v) is 11.1. The third-order valence-electron chi connectivity index (χ3n) is 2.78. The number of rotatable bonds is 3. The van der Waals surface area contributed by atoms with E-state index in [1.807, 2.05) is 0 Å². The van der Waals surface area contributed by atoms with Gasteiger partial charge in [-0.1, -0.05) is 0 Å². The Morgan fingerprint density at radius 3 is 2.50 bits per heavy atom. The summed E-state index contributed by atoms with van der Waals surface area (Å²) in [4.78, 5) is 3.88. The molecular weight excluding hydrogens is 303 g/mol. The van der Waals surface area contributed by atoms with Crippen LogP contribution >= 0.6 is 11.6 Å². The lowest BCUT2D eigenvalue weighted by Crippen LogP contribution is -2.14. The van der Waals surface area contributed by atoms with Gasteiger partial charge in [0.1, 0.15) is 17.2 Å². The van der Waals surface area contributed by atoms with Crippen LogP contribution in [0.2, 0.25) is 0 Å². The SMILES string of the molecule is CC(Cl)c1nc2c(F)cc(F)cc2n1CCC(F)(F)F. The van der Waals surface area contributed by atoms with E-state index in [0.29, 0.717) is 6.07 Å². The normalized spacial score (nSPS) is 13.9. The first-order valence-electron chi connectivity index (χ1n) is 5.75. The van der Waals surface area contributed by atoms with Crippen LogP contribution in [0.5, 0.6) is 0 Å². The van der Waals surface area contributed by atoms with Gasteiger partial charge < -0.3 is 4.57 Å². The molecule has 0 saturated heterocycles. The van der Waals surface area contributed by atoms with Crippen molar-refractivity contribution in [3.63, 3.8) is 0 Å². The Hall–Kier alpha value is -1.37. The summed E-state index contributed by atoms with van der Waals surface area (Å²) in [5.74, 6) is -1.73. The summed E-state index contributed by atoms with van der Waals surface area (Å²) >= 11 is 5.84. The average Bonchev–Trinajstić information content (AvgIpc) is 2.64. The van der Waals surface area contributed by atoms with E-state index in [1.165, 1.54) is 6.92 Å². The Labute approximate surface area is 116 Å². The van der Waals surface area contributed by atoms with Crippen molar-refractivity contribution in [2.45, 2.75) is 31.4 Å². The predicted octanol–water partition coefficient (Wildman–Crippen LogP) is 4.57. The third kappa shape index (κ3) is 3.03. The summed E-state index contributed by atoms with van der Waals surface area (Å²) in [6, 6.07) is 1.58. The number of alkyl halides is 4. The summed E-state index contributed by atoms with van der Waals surface area (Å²) < 4.78 is 64.9. The number of aryl methyl sites for hydroxylation is 1. The smallest absolute Gasteiger partial charge is 0.326 e. The van der Waals surface area contributed by atoms with E-state index in [1.54, 1.807) is 0 Å². The lowest BCUT2D eigenvalue weighted by atomic mass is 10.3. The first-order valence-corrected chi connectivity index (χ1v) is 6.18. The van der Waals surface area contributed by atoms with Crippen molar-refractivity contribution in [2.24, 2.45) is 0 Å². The molecule has 1 heterocycles. The maximum absolute atomic E-state index is 13.6. The van der Waals surface area contributed by atoms with Crippen molar-refractivity contribution >= 4 is 22.6 Å². The molecule has 110 valence electrons. The van der Waals surface area contributed by atoms with Gasteiger partial charge in [0.05, 0.1) is 17.3 Å². The molecule has 0 aliphatic heterocycles. The monoisotopic (exact) mass is 312 g/mol.